The molecule has 1 saturated heterocycles. The molecule has 32 heavy (non-hydrogen) atoms. The van der Waals surface area contributed by atoms with E-state index in [-0.39, 0.29) is 23.9 Å². The SMILES string of the molecule is CC(C)C1(CC(C)(C)O)CCN([C@@H](C)c2ccc(-c3cnc(C(=O)O)nc3)cc2)C(=O)O1. The Hall–Kier alpha value is -3.00. The highest BCUT2D eigenvalue weighted by Gasteiger charge is 2.47. The maximum Gasteiger partial charge on any atom is 0.410 e. The minimum absolute atomic E-state index is 0.0874. The summed E-state index contributed by atoms with van der Waals surface area (Å²) in [5.74, 6) is -1.33. The number of rotatable bonds is 7. The fraction of sp³-hybridized carbons (Fsp3) is 0.500. The lowest BCUT2D eigenvalue weighted by molar-refractivity contribution is -0.119. The molecule has 2 N–H and O–H groups in total. The summed E-state index contributed by atoms with van der Waals surface area (Å²) in [7, 11) is 0. The number of nitrogens with zero attached hydrogens (tertiary/aromatic N) is 3. The third kappa shape index (κ3) is 5.07. The Morgan fingerprint density at radius 1 is 1.16 bits per heavy atom. The van der Waals surface area contributed by atoms with Crippen LogP contribution in [0.3, 0.4) is 0 Å². The van der Waals surface area contributed by atoms with E-state index in [0.29, 0.717) is 24.9 Å². The lowest BCUT2D eigenvalue weighted by atomic mass is 9.77. The van der Waals surface area contributed by atoms with Gasteiger partial charge in [-0.05, 0) is 37.8 Å². The van der Waals surface area contributed by atoms with Crippen molar-refractivity contribution in [2.45, 2.75) is 64.7 Å². The maximum absolute atomic E-state index is 12.9. The number of hydrogen-bond donors (Lipinski definition) is 2. The molecular weight excluding hydrogens is 410 g/mol. The number of carboxylic acid groups (broad SMARTS) is 1. The van der Waals surface area contributed by atoms with Crippen molar-refractivity contribution >= 4 is 12.1 Å². The number of carbonyl (C=O) groups excluding carboxylic acids is 1. The Bertz CT molecular complexity index is 967. The van der Waals surface area contributed by atoms with Crippen LogP contribution in [0.5, 0.6) is 0 Å². The largest absolute Gasteiger partial charge is 0.475 e. The lowest BCUT2D eigenvalue weighted by Crippen LogP contribution is -2.55. The van der Waals surface area contributed by atoms with Crippen LogP contribution in [0.4, 0.5) is 4.79 Å². The normalized spacial score (nSPS) is 20.2. The first kappa shape index (κ1) is 23.7. The zero-order valence-corrected chi connectivity index (χ0v) is 19.2. The molecular formula is C24H31N3O5. The second-order valence-electron chi connectivity index (χ2n) is 9.42. The highest BCUT2D eigenvalue weighted by molar-refractivity contribution is 5.83. The topological polar surface area (TPSA) is 113 Å². The van der Waals surface area contributed by atoms with Crippen LogP contribution < -0.4 is 0 Å². The molecule has 0 spiro atoms. The average Bonchev–Trinajstić information content (AvgIpc) is 2.72. The van der Waals surface area contributed by atoms with E-state index in [1.807, 2.05) is 45.0 Å². The summed E-state index contributed by atoms with van der Waals surface area (Å²) < 4.78 is 5.95. The molecule has 1 fully saturated rings. The molecule has 0 radical (unpaired) electrons. The van der Waals surface area contributed by atoms with Crippen molar-refractivity contribution in [3.05, 3.63) is 48.0 Å². The number of hydrogen-bond acceptors (Lipinski definition) is 6. The third-order valence-corrected chi connectivity index (χ3v) is 6.12. The van der Waals surface area contributed by atoms with Crippen LogP contribution in [0, 0.1) is 5.92 Å². The molecule has 172 valence electrons. The maximum atomic E-state index is 12.9. The van der Waals surface area contributed by atoms with E-state index in [1.165, 1.54) is 12.4 Å². The van der Waals surface area contributed by atoms with Gasteiger partial charge in [0.05, 0.1) is 11.6 Å². The van der Waals surface area contributed by atoms with Gasteiger partial charge in [0.25, 0.3) is 0 Å². The fourth-order valence-corrected chi connectivity index (χ4v) is 4.23. The highest BCUT2D eigenvalue weighted by Crippen LogP contribution is 2.40. The minimum Gasteiger partial charge on any atom is -0.475 e. The molecule has 1 aliphatic rings. The summed E-state index contributed by atoms with van der Waals surface area (Å²) in [6.45, 7) is 10.0. The van der Waals surface area contributed by atoms with Crippen molar-refractivity contribution in [1.29, 1.82) is 0 Å². The van der Waals surface area contributed by atoms with Gasteiger partial charge in [-0.3, -0.25) is 0 Å². The van der Waals surface area contributed by atoms with Gasteiger partial charge in [0.2, 0.25) is 5.82 Å². The molecule has 1 aliphatic heterocycles. The summed E-state index contributed by atoms with van der Waals surface area (Å²) >= 11 is 0. The van der Waals surface area contributed by atoms with Crippen molar-refractivity contribution in [2.24, 2.45) is 5.92 Å². The molecule has 1 aromatic heterocycles. The first-order chi connectivity index (χ1) is 14.9. The first-order valence-corrected chi connectivity index (χ1v) is 10.8. The van der Waals surface area contributed by atoms with E-state index in [2.05, 4.69) is 9.97 Å². The van der Waals surface area contributed by atoms with E-state index < -0.39 is 17.2 Å². The van der Waals surface area contributed by atoms with Gasteiger partial charge in [0.1, 0.15) is 5.60 Å². The zero-order valence-electron chi connectivity index (χ0n) is 19.2. The fourth-order valence-electron chi connectivity index (χ4n) is 4.23. The predicted octanol–water partition coefficient (Wildman–Crippen LogP) is 4.30. The standard InChI is InChI=1S/C24H31N3O5/c1-15(2)24(14-23(4,5)31)10-11-27(22(30)32-24)16(3)17-6-8-18(9-7-17)19-12-25-20(21(28)29)26-13-19/h6-9,12-13,15-16,31H,10-11,14H2,1-5H3,(H,28,29)/t16-,24?/m0/s1. The number of cyclic esters (lactones) is 1. The van der Waals surface area contributed by atoms with Crippen LogP contribution >= 0.6 is 0 Å². The van der Waals surface area contributed by atoms with E-state index in [1.54, 1.807) is 18.7 Å². The lowest BCUT2D eigenvalue weighted by Gasteiger charge is -2.47. The second-order valence-corrected chi connectivity index (χ2v) is 9.42. The molecule has 0 aliphatic carbocycles. The van der Waals surface area contributed by atoms with Crippen molar-refractivity contribution in [3.63, 3.8) is 0 Å². The van der Waals surface area contributed by atoms with Crippen molar-refractivity contribution in [2.75, 3.05) is 6.54 Å². The van der Waals surface area contributed by atoms with E-state index in [0.717, 1.165) is 11.1 Å². The van der Waals surface area contributed by atoms with Crippen LogP contribution in [0.1, 0.15) is 69.7 Å². The van der Waals surface area contributed by atoms with Gasteiger partial charge in [-0.1, -0.05) is 38.1 Å². The van der Waals surface area contributed by atoms with Gasteiger partial charge < -0.3 is 19.8 Å². The number of ether oxygens (including phenoxy) is 1. The predicted molar refractivity (Wildman–Crippen MR) is 119 cm³/mol. The van der Waals surface area contributed by atoms with Crippen molar-refractivity contribution in [3.8, 4) is 11.1 Å². The molecule has 1 amide bonds. The number of aliphatic hydroxyl groups is 1. The monoisotopic (exact) mass is 441 g/mol. The molecule has 0 bridgehead atoms. The van der Waals surface area contributed by atoms with Crippen LogP contribution in [0.15, 0.2) is 36.7 Å². The molecule has 1 aromatic carbocycles. The van der Waals surface area contributed by atoms with Crippen molar-refractivity contribution < 1.29 is 24.5 Å². The number of amides is 1. The van der Waals surface area contributed by atoms with E-state index in [9.17, 15) is 14.7 Å². The van der Waals surface area contributed by atoms with Gasteiger partial charge in [0.15, 0.2) is 0 Å². The Labute approximate surface area is 188 Å². The number of aromatic nitrogens is 2. The summed E-state index contributed by atoms with van der Waals surface area (Å²) in [5.41, 5.74) is 0.897. The molecule has 2 atom stereocenters. The molecule has 8 heteroatoms. The summed E-state index contributed by atoms with van der Waals surface area (Å²) in [4.78, 5) is 33.3. The van der Waals surface area contributed by atoms with Gasteiger partial charge in [-0.15, -0.1) is 0 Å². The molecule has 8 nitrogen and oxygen atoms in total. The Morgan fingerprint density at radius 2 is 1.75 bits per heavy atom. The number of benzene rings is 1. The molecule has 0 saturated carbocycles. The minimum atomic E-state index is -1.17. The Kier molecular flexibility index (Phi) is 6.55. The third-order valence-electron chi connectivity index (χ3n) is 6.12. The summed E-state index contributed by atoms with van der Waals surface area (Å²) in [6.07, 6.45) is 3.62. The van der Waals surface area contributed by atoms with Gasteiger partial charge >= 0.3 is 12.1 Å². The van der Waals surface area contributed by atoms with Crippen molar-refractivity contribution in [1.82, 2.24) is 14.9 Å². The van der Waals surface area contributed by atoms with E-state index in [4.69, 9.17) is 9.84 Å². The number of carboxylic acids is 1. The van der Waals surface area contributed by atoms with Crippen LogP contribution in [-0.4, -0.2) is 54.9 Å². The van der Waals surface area contributed by atoms with E-state index >= 15 is 0 Å². The second kappa shape index (κ2) is 8.86. The van der Waals surface area contributed by atoms with Crippen LogP contribution in [0.25, 0.3) is 11.1 Å². The van der Waals surface area contributed by atoms with Crippen LogP contribution in [0.2, 0.25) is 0 Å². The zero-order chi connectivity index (χ0) is 23.7. The first-order valence-electron chi connectivity index (χ1n) is 10.8. The quantitative estimate of drug-likeness (QED) is 0.658. The summed E-state index contributed by atoms with van der Waals surface area (Å²) in [5, 5.41) is 19.3. The molecule has 2 aromatic rings. The average molecular weight is 442 g/mol. The molecule has 3 rings (SSSR count). The smallest absolute Gasteiger partial charge is 0.410 e. The Morgan fingerprint density at radius 3 is 2.22 bits per heavy atom. The highest BCUT2D eigenvalue weighted by atomic mass is 16.6. The van der Waals surface area contributed by atoms with Gasteiger partial charge in [-0.2, -0.15) is 0 Å². The number of aromatic carboxylic acids is 1. The molecule has 2 heterocycles. The molecule has 1 unspecified atom stereocenters. The summed E-state index contributed by atoms with van der Waals surface area (Å²) in [6, 6.07) is 7.47. The number of carbonyl (C=O) groups is 2. The Balaban J connectivity index is 1.73. The van der Waals surface area contributed by atoms with Gasteiger partial charge in [0, 0.05) is 37.3 Å². The van der Waals surface area contributed by atoms with Crippen LogP contribution in [-0.2, 0) is 4.74 Å². The van der Waals surface area contributed by atoms with Gasteiger partial charge in [-0.25, -0.2) is 19.6 Å².